The third-order valence-corrected chi connectivity index (χ3v) is 3.72. The van der Waals surface area contributed by atoms with Gasteiger partial charge < -0.3 is 10.1 Å². The number of hydrogen-bond acceptors (Lipinski definition) is 3. The Kier molecular flexibility index (Phi) is 5.45. The van der Waals surface area contributed by atoms with Crippen LogP contribution in [0, 0.1) is 6.92 Å². The number of ether oxygens (including phenoxy) is 1. The number of benzene rings is 1. The fraction of sp³-hybridized carbons (Fsp3) is 0.312. The summed E-state index contributed by atoms with van der Waals surface area (Å²) >= 11 is 12.2. The van der Waals surface area contributed by atoms with Gasteiger partial charge >= 0.3 is 0 Å². The summed E-state index contributed by atoms with van der Waals surface area (Å²) in [5, 5.41) is 4.24. The van der Waals surface area contributed by atoms with Gasteiger partial charge in [-0.2, -0.15) is 0 Å². The quantitative estimate of drug-likeness (QED) is 0.841. The predicted molar refractivity (Wildman–Crippen MR) is 87.5 cm³/mol. The van der Waals surface area contributed by atoms with Crippen LogP contribution in [0.25, 0.3) is 0 Å². The molecule has 1 aromatic carbocycles. The number of pyridine rings is 1. The van der Waals surface area contributed by atoms with Crippen LogP contribution in [-0.2, 0) is 6.54 Å². The first kappa shape index (κ1) is 16.1. The van der Waals surface area contributed by atoms with E-state index in [-0.39, 0.29) is 0 Å². The average molecular weight is 325 g/mol. The second kappa shape index (κ2) is 7.12. The topological polar surface area (TPSA) is 34.1 Å². The number of aryl methyl sites for hydroxylation is 1. The van der Waals surface area contributed by atoms with E-state index in [9.17, 15) is 0 Å². The lowest BCUT2D eigenvalue weighted by atomic mass is 10.2. The fourth-order valence-electron chi connectivity index (χ4n) is 1.79. The van der Waals surface area contributed by atoms with Gasteiger partial charge in [-0.15, -0.1) is 0 Å². The van der Waals surface area contributed by atoms with E-state index in [0.717, 1.165) is 17.0 Å². The van der Waals surface area contributed by atoms with E-state index in [2.05, 4.69) is 24.1 Å². The summed E-state index contributed by atoms with van der Waals surface area (Å²) in [5.74, 6) is 1.28. The molecule has 0 radical (unpaired) electrons. The van der Waals surface area contributed by atoms with Crippen molar-refractivity contribution in [2.24, 2.45) is 0 Å². The maximum Gasteiger partial charge on any atom is 0.147 e. The molecule has 0 aliphatic heterocycles. The molecule has 0 spiro atoms. The molecule has 0 saturated carbocycles. The highest BCUT2D eigenvalue weighted by atomic mass is 35.5. The monoisotopic (exact) mass is 324 g/mol. The lowest BCUT2D eigenvalue weighted by molar-refractivity contribution is 0.468. The van der Waals surface area contributed by atoms with Gasteiger partial charge in [-0.1, -0.05) is 43.1 Å². The zero-order chi connectivity index (χ0) is 15.4. The molecule has 0 unspecified atom stereocenters. The molecule has 1 heterocycles. The average Bonchev–Trinajstić information content (AvgIpc) is 2.43. The second-order valence-electron chi connectivity index (χ2n) is 5.12. The van der Waals surface area contributed by atoms with Crippen molar-refractivity contribution >= 4 is 23.2 Å². The standard InChI is InChI=1S/C16H18Cl2N2O/c1-10(2)19-8-12-9-20-11(3)7-15(12)21-14-6-4-5-13(17)16(14)18/h4-7,9-10,19H,8H2,1-3H3. The van der Waals surface area contributed by atoms with Crippen molar-refractivity contribution in [3.63, 3.8) is 0 Å². The van der Waals surface area contributed by atoms with E-state index < -0.39 is 0 Å². The molecular formula is C16H18Cl2N2O. The van der Waals surface area contributed by atoms with Crippen molar-refractivity contribution in [3.8, 4) is 11.5 Å². The van der Waals surface area contributed by atoms with Gasteiger partial charge in [0.15, 0.2) is 0 Å². The van der Waals surface area contributed by atoms with E-state index in [4.69, 9.17) is 27.9 Å². The first-order valence-electron chi connectivity index (χ1n) is 6.78. The molecule has 0 aliphatic rings. The van der Waals surface area contributed by atoms with Gasteiger partial charge in [-0.05, 0) is 19.1 Å². The summed E-state index contributed by atoms with van der Waals surface area (Å²) in [5.41, 5.74) is 1.86. The third-order valence-electron chi connectivity index (χ3n) is 2.92. The largest absolute Gasteiger partial charge is 0.455 e. The maximum atomic E-state index is 6.17. The lowest BCUT2D eigenvalue weighted by Crippen LogP contribution is -2.22. The van der Waals surface area contributed by atoms with Crippen molar-refractivity contribution in [3.05, 3.63) is 51.8 Å². The molecule has 3 nitrogen and oxygen atoms in total. The lowest BCUT2D eigenvalue weighted by Gasteiger charge is -2.15. The van der Waals surface area contributed by atoms with Crippen molar-refractivity contribution in [2.45, 2.75) is 33.4 Å². The summed E-state index contributed by atoms with van der Waals surface area (Å²) in [7, 11) is 0. The van der Waals surface area contributed by atoms with Crippen LogP contribution in [0.5, 0.6) is 11.5 Å². The van der Waals surface area contributed by atoms with Gasteiger partial charge in [0.25, 0.3) is 0 Å². The van der Waals surface area contributed by atoms with Crippen LogP contribution in [0.3, 0.4) is 0 Å². The first-order valence-corrected chi connectivity index (χ1v) is 7.53. The summed E-state index contributed by atoms with van der Waals surface area (Å²) in [6, 6.07) is 7.62. The molecule has 1 N–H and O–H groups in total. The van der Waals surface area contributed by atoms with Crippen LogP contribution in [0.15, 0.2) is 30.5 Å². The van der Waals surface area contributed by atoms with Crippen LogP contribution >= 0.6 is 23.2 Å². The summed E-state index contributed by atoms with van der Waals surface area (Å²) in [6.45, 7) is 6.79. The van der Waals surface area contributed by atoms with Gasteiger partial charge in [-0.3, -0.25) is 4.98 Å². The molecule has 21 heavy (non-hydrogen) atoms. The van der Waals surface area contributed by atoms with Crippen molar-refractivity contribution in [2.75, 3.05) is 0 Å². The van der Waals surface area contributed by atoms with E-state index in [1.807, 2.05) is 25.3 Å². The van der Waals surface area contributed by atoms with Crippen molar-refractivity contribution < 1.29 is 4.74 Å². The molecular weight excluding hydrogens is 307 g/mol. The van der Waals surface area contributed by atoms with Crippen LogP contribution < -0.4 is 10.1 Å². The molecule has 0 bridgehead atoms. The Bertz CT molecular complexity index is 630. The highest BCUT2D eigenvalue weighted by Crippen LogP contribution is 2.35. The van der Waals surface area contributed by atoms with E-state index in [1.165, 1.54) is 0 Å². The zero-order valence-corrected chi connectivity index (χ0v) is 13.8. The first-order chi connectivity index (χ1) is 9.97. The van der Waals surface area contributed by atoms with E-state index >= 15 is 0 Å². The molecule has 0 atom stereocenters. The minimum absolute atomic E-state index is 0.383. The predicted octanol–water partition coefficient (Wildman–Crippen LogP) is 4.99. The van der Waals surface area contributed by atoms with Crippen molar-refractivity contribution in [1.82, 2.24) is 10.3 Å². The molecule has 2 rings (SSSR count). The van der Waals surface area contributed by atoms with Crippen molar-refractivity contribution in [1.29, 1.82) is 0 Å². The van der Waals surface area contributed by atoms with Crippen LogP contribution in [0.4, 0.5) is 0 Å². The minimum atomic E-state index is 0.383. The molecule has 1 aromatic heterocycles. The normalized spacial score (nSPS) is 11.0. The Morgan fingerprint density at radius 1 is 1.24 bits per heavy atom. The van der Waals surface area contributed by atoms with Crippen LogP contribution in [-0.4, -0.2) is 11.0 Å². The molecule has 0 amide bonds. The highest BCUT2D eigenvalue weighted by Gasteiger charge is 2.11. The highest BCUT2D eigenvalue weighted by molar-refractivity contribution is 6.42. The molecule has 2 aromatic rings. The zero-order valence-electron chi connectivity index (χ0n) is 12.3. The summed E-state index contributed by atoms with van der Waals surface area (Å²) in [4.78, 5) is 4.32. The summed E-state index contributed by atoms with van der Waals surface area (Å²) < 4.78 is 5.94. The number of rotatable bonds is 5. The minimum Gasteiger partial charge on any atom is -0.455 e. The van der Waals surface area contributed by atoms with Gasteiger partial charge in [0.05, 0.1) is 5.02 Å². The van der Waals surface area contributed by atoms with Gasteiger partial charge in [0.2, 0.25) is 0 Å². The maximum absolute atomic E-state index is 6.17. The van der Waals surface area contributed by atoms with E-state index in [1.54, 1.807) is 12.1 Å². The van der Waals surface area contributed by atoms with Crippen LogP contribution in [0.2, 0.25) is 10.0 Å². The summed E-state index contributed by atoms with van der Waals surface area (Å²) in [6.07, 6.45) is 1.82. The fourth-order valence-corrected chi connectivity index (χ4v) is 2.12. The van der Waals surface area contributed by atoms with Gasteiger partial charge in [0, 0.05) is 36.1 Å². The SMILES string of the molecule is Cc1cc(Oc2cccc(Cl)c2Cl)c(CNC(C)C)cn1. The number of hydrogen-bond donors (Lipinski definition) is 1. The molecule has 5 heteroatoms. The Balaban J connectivity index is 2.29. The van der Waals surface area contributed by atoms with Gasteiger partial charge in [0.1, 0.15) is 16.5 Å². The van der Waals surface area contributed by atoms with Crippen LogP contribution in [0.1, 0.15) is 25.1 Å². The number of halogens is 2. The molecule has 0 fully saturated rings. The Morgan fingerprint density at radius 3 is 2.71 bits per heavy atom. The number of nitrogens with zero attached hydrogens (tertiary/aromatic N) is 1. The Morgan fingerprint density at radius 2 is 2.00 bits per heavy atom. The molecule has 112 valence electrons. The number of aromatic nitrogens is 1. The second-order valence-corrected chi connectivity index (χ2v) is 5.91. The molecule has 0 saturated heterocycles. The number of nitrogens with one attached hydrogen (secondary N) is 1. The molecule has 0 aliphatic carbocycles. The third kappa shape index (κ3) is 4.34. The Hall–Kier alpha value is -1.29. The smallest absolute Gasteiger partial charge is 0.147 e. The van der Waals surface area contributed by atoms with E-state index in [0.29, 0.717) is 28.4 Å². The van der Waals surface area contributed by atoms with Gasteiger partial charge in [-0.25, -0.2) is 0 Å². The Labute approximate surface area is 135 Å².